The van der Waals surface area contributed by atoms with Crippen LogP contribution >= 0.6 is 15.9 Å². The summed E-state index contributed by atoms with van der Waals surface area (Å²) in [6.07, 6.45) is 9.79. The second kappa shape index (κ2) is 4.64. The molecule has 3 rings (SSSR count). The zero-order chi connectivity index (χ0) is 12.6. The van der Waals surface area contributed by atoms with Crippen LogP contribution in [0.2, 0.25) is 0 Å². The standard InChI is InChI=1S/C16H22BrN/c17-14-6-4-5-13(9-14)16(12-18)10-15(11-16)7-2-1-3-8-15/h4-6,9H,1-3,7-8,10-12,18H2. The van der Waals surface area contributed by atoms with Gasteiger partial charge in [0.15, 0.2) is 0 Å². The van der Waals surface area contributed by atoms with Gasteiger partial charge in [-0.2, -0.15) is 0 Å². The maximum absolute atomic E-state index is 6.13. The summed E-state index contributed by atoms with van der Waals surface area (Å²) < 4.78 is 1.18. The average Bonchev–Trinajstić information content (AvgIpc) is 2.36. The van der Waals surface area contributed by atoms with Gasteiger partial charge in [-0.25, -0.2) is 0 Å². The molecule has 0 heterocycles. The predicted octanol–water partition coefficient (Wildman–Crippen LogP) is 4.39. The topological polar surface area (TPSA) is 26.0 Å². The minimum absolute atomic E-state index is 0.265. The first-order valence-corrected chi connectivity index (χ1v) is 7.94. The third-order valence-corrected chi connectivity index (χ3v) is 5.66. The molecular weight excluding hydrogens is 286 g/mol. The smallest absolute Gasteiger partial charge is 0.0178 e. The third-order valence-electron chi connectivity index (χ3n) is 5.17. The van der Waals surface area contributed by atoms with Gasteiger partial charge in [0.1, 0.15) is 0 Å². The molecule has 0 unspecified atom stereocenters. The van der Waals surface area contributed by atoms with Crippen LogP contribution in [0.15, 0.2) is 28.7 Å². The van der Waals surface area contributed by atoms with Gasteiger partial charge in [0, 0.05) is 16.4 Å². The minimum atomic E-state index is 0.265. The van der Waals surface area contributed by atoms with Crippen molar-refractivity contribution in [3.05, 3.63) is 34.3 Å². The molecule has 0 amide bonds. The Kier molecular flexibility index (Phi) is 3.27. The third kappa shape index (κ3) is 2.04. The van der Waals surface area contributed by atoms with Crippen molar-refractivity contribution in [3.63, 3.8) is 0 Å². The van der Waals surface area contributed by atoms with Crippen LogP contribution < -0.4 is 5.73 Å². The monoisotopic (exact) mass is 307 g/mol. The van der Waals surface area contributed by atoms with Gasteiger partial charge < -0.3 is 5.73 Å². The van der Waals surface area contributed by atoms with E-state index in [4.69, 9.17) is 5.73 Å². The van der Waals surface area contributed by atoms with Crippen LogP contribution in [0, 0.1) is 5.41 Å². The number of hydrogen-bond acceptors (Lipinski definition) is 1. The largest absolute Gasteiger partial charge is 0.330 e. The van der Waals surface area contributed by atoms with E-state index in [1.54, 1.807) is 0 Å². The van der Waals surface area contributed by atoms with E-state index in [0.29, 0.717) is 5.41 Å². The first-order valence-electron chi connectivity index (χ1n) is 7.14. The number of benzene rings is 1. The van der Waals surface area contributed by atoms with E-state index >= 15 is 0 Å². The summed E-state index contributed by atoms with van der Waals surface area (Å²) in [6, 6.07) is 8.77. The molecular formula is C16H22BrN. The number of nitrogens with two attached hydrogens (primary N) is 1. The minimum Gasteiger partial charge on any atom is -0.330 e. The molecule has 2 fully saturated rings. The van der Waals surface area contributed by atoms with E-state index in [-0.39, 0.29) is 5.41 Å². The fraction of sp³-hybridized carbons (Fsp3) is 0.625. The van der Waals surface area contributed by atoms with E-state index < -0.39 is 0 Å². The van der Waals surface area contributed by atoms with E-state index in [1.807, 2.05) is 0 Å². The molecule has 0 aromatic heterocycles. The number of hydrogen-bond donors (Lipinski definition) is 1. The average molecular weight is 308 g/mol. The summed E-state index contributed by atoms with van der Waals surface area (Å²) in [7, 11) is 0. The molecule has 2 heteroatoms. The van der Waals surface area contributed by atoms with Gasteiger partial charge >= 0.3 is 0 Å². The Morgan fingerprint density at radius 3 is 2.44 bits per heavy atom. The fourth-order valence-electron chi connectivity index (χ4n) is 4.32. The maximum atomic E-state index is 6.13. The molecule has 2 aliphatic carbocycles. The first-order chi connectivity index (χ1) is 8.68. The lowest BCUT2D eigenvalue weighted by Gasteiger charge is -2.58. The van der Waals surface area contributed by atoms with Gasteiger partial charge in [-0.3, -0.25) is 0 Å². The molecule has 0 atom stereocenters. The second-order valence-corrected chi connectivity index (χ2v) is 7.32. The first kappa shape index (κ1) is 12.7. The number of rotatable bonds is 2. The normalized spacial score (nSPS) is 24.8. The van der Waals surface area contributed by atoms with Gasteiger partial charge in [-0.15, -0.1) is 0 Å². The molecule has 1 spiro atoms. The van der Waals surface area contributed by atoms with Crippen LogP contribution in [0.1, 0.15) is 50.5 Å². The molecule has 2 saturated carbocycles. The highest BCUT2D eigenvalue weighted by Crippen LogP contribution is 2.61. The molecule has 98 valence electrons. The molecule has 1 nitrogen and oxygen atoms in total. The van der Waals surface area contributed by atoms with Crippen molar-refractivity contribution < 1.29 is 0 Å². The Morgan fingerprint density at radius 1 is 1.11 bits per heavy atom. The highest BCUT2D eigenvalue weighted by Gasteiger charge is 2.54. The van der Waals surface area contributed by atoms with Crippen molar-refractivity contribution >= 4 is 15.9 Å². The molecule has 0 aliphatic heterocycles. The molecule has 0 saturated heterocycles. The fourth-order valence-corrected chi connectivity index (χ4v) is 4.72. The summed E-state index contributed by atoms with van der Waals surface area (Å²) in [4.78, 5) is 0. The van der Waals surface area contributed by atoms with Crippen molar-refractivity contribution in [2.24, 2.45) is 11.1 Å². The van der Waals surface area contributed by atoms with E-state index in [2.05, 4.69) is 40.2 Å². The summed E-state index contributed by atoms with van der Waals surface area (Å²) in [5.74, 6) is 0. The quantitative estimate of drug-likeness (QED) is 0.861. The van der Waals surface area contributed by atoms with Crippen LogP contribution in [0.4, 0.5) is 0 Å². The van der Waals surface area contributed by atoms with Crippen molar-refractivity contribution in [1.82, 2.24) is 0 Å². The van der Waals surface area contributed by atoms with Gasteiger partial charge in [0.05, 0.1) is 0 Å². The second-order valence-electron chi connectivity index (χ2n) is 6.41. The molecule has 2 aliphatic rings. The number of halogens is 1. The van der Waals surface area contributed by atoms with Gasteiger partial charge in [-0.05, 0) is 48.8 Å². The highest BCUT2D eigenvalue weighted by molar-refractivity contribution is 9.10. The van der Waals surface area contributed by atoms with Crippen LogP contribution in [0.5, 0.6) is 0 Å². The van der Waals surface area contributed by atoms with Crippen molar-refractivity contribution in [2.75, 3.05) is 6.54 Å². The zero-order valence-electron chi connectivity index (χ0n) is 10.9. The van der Waals surface area contributed by atoms with Crippen molar-refractivity contribution in [2.45, 2.75) is 50.4 Å². The SMILES string of the molecule is NCC1(c2cccc(Br)c2)CC2(CCCCC2)C1. The van der Waals surface area contributed by atoms with Gasteiger partial charge in [0.25, 0.3) is 0 Å². The van der Waals surface area contributed by atoms with E-state index in [0.717, 1.165) is 6.54 Å². The molecule has 2 N–H and O–H groups in total. The molecule has 18 heavy (non-hydrogen) atoms. The molecule has 0 bridgehead atoms. The van der Waals surface area contributed by atoms with E-state index in [1.165, 1.54) is 55.0 Å². The van der Waals surface area contributed by atoms with Gasteiger partial charge in [-0.1, -0.05) is 47.3 Å². The zero-order valence-corrected chi connectivity index (χ0v) is 12.5. The molecule has 0 radical (unpaired) electrons. The highest BCUT2D eigenvalue weighted by atomic mass is 79.9. The van der Waals surface area contributed by atoms with Crippen molar-refractivity contribution in [1.29, 1.82) is 0 Å². The Labute approximate surface area is 118 Å². The maximum Gasteiger partial charge on any atom is 0.0178 e. The van der Waals surface area contributed by atoms with Gasteiger partial charge in [0.2, 0.25) is 0 Å². The molecule has 1 aromatic rings. The summed E-state index contributed by atoms with van der Waals surface area (Å²) >= 11 is 3.58. The van der Waals surface area contributed by atoms with Crippen LogP contribution in [-0.4, -0.2) is 6.54 Å². The Morgan fingerprint density at radius 2 is 1.83 bits per heavy atom. The predicted molar refractivity (Wildman–Crippen MR) is 79.6 cm³/mol. The Hall–Kier alpha value is -0.340. The Bertz CT molecular complexity index is 426. The summed E-state index contributed by atoms with van der Waals surface area (Å²) in [5.41, 5.74) is 8.47. The van der Waals surface area contributed by atoms with Crippen LogP contribution in [0.25, 0.3) is 0 Å². The van der Waals surface area contributed by atoms with E-state index in [9.17, 15) is 0 Å². The lowest BCUT2D eigenvalue weighted by molar-refractivity contribution is -0.00836. The summed E-state index contributed by atoms with van der Waals surface area (Å²) in [5, 5.41) is 0. The Balaban J connectivity index is 1.82. The summed E-state index contributed by atoms with van der Waals surface area (Å²) in [6.45, 7) is 0.797. The lowest BCUT2D eigenvalue weighted by Crippen LogP contribution is -2.54. The van der Waals surface area contributed by atoms with Crippen molar-refractivity contribution in [3.8, 4) is 0 Å². The van der Waals surface area contributed by atoms with Crippen LogP contribution in [-0.2, 0) is 5.41 Å². The van der Waals surface area contributed by atoms with Crippen LogP contribution in [0.3, 0.4) is 0 Å². The lowest BCUT2D eigenvalue weighted by atomic mass is 9.47. The molecule has 1 aromatic carbocycles.